The standard InChI is InChI=1S/C16H24N4OS.2ClH/c1-11(17)7-8-15(21)18-14(9-10-22-2)16-19-12-5-3-4-6-13(12)20-16;;/h3-6,11,14H,7-10,17H2,1-2H3,(H,18,21)(H,19,20);2*1H. The number of para-hydroxylation sites is 2. The zero-order valence-electron chi connectivity index (χ0n) is 14.0. The van der Waals surface area contributed by atoms with Gasteiger partial charge in [0.1, 0.15) is 5.82 Å². The highest BCUT2D eigenvalue weighted by Crippen LogP contribution is 2.20. The monoisotopic (exact) mass is 392 g/mol. The number of fused-ring (bicyclic) bond motifs is 1. The van der Waals surface area contributed by atoms with Crippen LogP contribution in [0.4, 0.5) is 0 Å². The first-order chi connectivity index (χ1) is 10.6. The van der Waals surface area contributed by atoms with Crippen LogP contribution in [-0.2, 0) is 4.79 Å². The van der Waals surface area contributed by atoms with Crippen LogP contribution in [-0.4, -0.2) is 33.9 Å². The summed E-state index contributed by atoms with van der Waals surface area (Å²) in [5, 5.41) is 3.08. The van der Waals surface area contributed by atoms with Crippen LogP contribution in [0.1, 0.15) is 38.1 Å². The highest BCUT2D eigenvalue weighted by atomic mass is 35.5. The number of nitrogens with two attached hydrogens (primary N) is 1. The lowest BCUT2D eigenvalue weighted by molar-refractivity contribution is -0.122. The fourth-order valence-electron chi connectivity index (χ4n) is 2.28. The summed E-state index contributed by atoms with van der Waals surface area (Å²) in [7, 11) is 0. The summed E-state index contributed by atoms with van der Waals surface area (Å²) in [6, 6.07) is 7.86. The molecule has 0 saturated carbocycles. The van der Waals surface area contributed by atoms with E-state index in [-0.39, 0.29) is 42.8 Å². The van der Waals surface area contributed by atoms with Crippen molar-refractivity contribution in [1.29, 1.82) is 0 Å². The van der Waals surface area contributed by atoms with Gasteiger partial charge in [-0.3, -0.25) is 4.79 Å². The first-order valence-electron chi connectivity index (χ1n) is 7.58. The molecule has 1 amide bonds. The number of nitrogens with zero attached hydrogens (tertiary/aromatic N) is 1. The van der Waals surface area contributed by atoms with Gasteiger partial charge in [0.25, 0.3) is 0 Å². The Bertz CT molecular complexity index is 588. The molecule has 0 aliphatic carbocycles. The van der Waals surface area contributed by atoms with Crippen LogP contribution in [0.15, 0.2) is 24.3 Å². The molecule has 4 N–H and O–H groups in total. The molecular weight excluding hydrogens is 367 g/mol. The predicted octanol–water partition coefficient (Wildman–Crippen LogP) is 3.44. The average molecular weight is 393 g/mol. The third-order valence-electron chi connectivity index (χ3n) is 3.51. The lowest BCUT2D eigenvalue weighted by Gasteiger charge is -2.16. The van der Waals surface area contributed by atoms with Gasteiger partial charge in [0.15, 0.2) is 0 Å². The van der Waals surface area contributed by atoms with E-state index in [2.05, 4.69) is 21.5 Å². The number of hydrogen-bond acceptors (Lipinski definition) is 4. The Hall–Kier alpha value is -0.950. The number of amides is 1. The number of aromatic amines is 1. The molecule has 0 bridgehead atoms. The predicted molar refractivity (Wildman–Crippen MR) is 107 cm³/mol. The summed E-state index contributed by atoms with van der Waals surface area (Å²) >= 11 is 1.76. The number of carbonyl (C=O) groups is 1. The highest BCUT2D eigenvalue weighted by Gasteiger charge is 2.18. The van der Waals surface area contributed by atoms with Gasteiger partial charge < -0.3 is 16.0 Å². The lowest BCUT2D eigenvalue weighted by atomic mass is 10.1. The normalized spacial score (nSPS) is 12.8. The summed E-state index contributed by atoms with van der Waals surface area (Å²) in [5.41, 5.74) is 7.64. The van der Waals surface area contributed by atoms with Gasteiger partial charge in [0.2, 0.25) is 5.91 Å². The molecule has 0 aliphatic heterocycles. The second-order valence-electron chi connectivity index (χ2n) is 5.56. The number of carbonyl (C=O) groups excluding carboxylic acids is 1. The molecule has 24 heavy (non-hydrogen) atoms. The fraction of sp³-hybridized carbons (Fsp3) is 0.500. The molecule has 5 nitrogen and oxygen atoms in total. The third-order valence-corrected chi connectivity index (χ3v) is 4.15. The van der Waals surface area contributed by atoms with Crippen molar-refractivity contribution in [3.8, 4) is 0 Å². The lowest BCUT2D eigenvalue weighted by Crippen LogP contribution is -2.31. The third kappa shape index (κ3) is 6.89. The van der Waals surface area contributed by atoms with E-state index < -0.39 is 0 Å². The summed E-state index contributed by atoms with van der Waals surface area (Å²) in [6.45, 7) is 1.91. The summed E-state index contributed by atoms with van der Waals surface area (Å²) < 4.78 is 0. The number of nitrogens with one attached hydrogen (secondary N) is 2. The molecule has 1 heterocycles. The number of halogens is 2. The van der Waals surface area contributed by atoms with E-state index in [0.29, 0.717) is 12.8 Å². The fourth-order valence-corrected chi connectivity index (χ4v) is 2.75. The molecule has 2 aromatic rings. The van der Waals surface area contributed by atoms with E-state index in [1.165, 1.54) is 0 Å². The van der Waals surface area contributed by atoms with Crippen molar-refractivity contribution < 1.29 is 4.79 Å². The largest absolute Gasteiger partial charge is 0.346 e. The van der Waals surface area contributed by atoms with E-state index in [1.54, 1.807) is 11.8 Å². The van der Waals surface area contributed by atoms with Crippen molar-refractivity contribution in [3.05, 3.63) is 30.1 Å². The van der Waals surface area contributed by atoms with Gasteiger partial charge in [-0.25, -0.2) is 4.98 Å². The van der Waals surface area contributed by atoms with E-state index in [1.807, 2.05) is 31.2 Å². The van der Waals surface area contributed by atoms with Gasteiger partial charge in [-0.05, 0) is 43.9 Å². The smallest absolute Gasteiger partial charge is 0.220 e. The molecule has 0 aliphatic rings. The second-order valence-corrected chi connectivity index (χ2v) is 6.54. The van der Waals surface area contributed by atoms with Crippen molar-refractivity contribution in [3.63, 3.8) is 0 Å². The number of H-pyrrole nitrogens is 1. The molecule has 2 atom stereocenters. The molecule has 0 fully saturated rings. The van der Waals surface area contributed by atoms with Crippen LogP contribution < -0.4 is 11.1 Å². The Labute approximate surface area is 159 Å². The summed E-state index contributed by atoms with van der Waals surface area (Å²) in [5.74, 6) is 1.82. The first-order valence-corrected chi connectivity index (χ1v) is 8.98. The molecule has 8 heteroatoms. The molecule has 0 spiro atoms. The number of aromatic nitrogens is 2. The minimum Gasteiger partial charge on any atom is -0.346 e. The zero-order valence-corrected chi connectivity index (χ0v) is 16.4. The maximum atomic E-state index is 12.1. The van der Waals surface area contributed by atoms with Gasteiger partial charge in [-0.15, -0.1) is 24.8 Å². The van der Waals surface area contributed by atoms with Crippen molar-refractivity contribution >= 4 is 53.5 Å². The SMILES string of the molecule is CSCCC(NC(=O)CCC(C)N)c1nc2ccccc2[nH]1.Cl.Cl. The van der Waals surface area contributed by atoms with E-state index in [9.17, 15) is 4.79 Å². The Kier molecular flexibility index (Phi) is 11.1. The number of thioether (sulfide) groups is 1. The van der Waals surface area contributed by atoms with Crippen LogP contribution in [0.25, 0.3) is 11.0 Å². The zero-order chi connectivity index (χ0) is 15.9. The van der Waals surface area contributed by atoms with Gasteiger partial charge in [-0.1, -0.05) is 12.1 Å². The maximum Gasteiger partial charge on any atom is 0.220 e. The summed E-state index contributed by atoms with van der Waals surface area (Å²) in [4.78, 5) is 20.0. The number of benzene rings is 1. The second kappa shape index (κ2) is 11.6. The first kappa shape index (κ1) is 23.1. The van der Waals surface area contributed by atoms with Crippen LogP contribution >= 0.6 is 36.6 Å². The van der Waals surface area contributed by atoms with Crippen molar-refractivity contribution in [1.82, 2.24) is 15.3 Å². The quantitative estimate of drug-likeness (QED) is 0.642. The molecule has 0 saturated heterocycles. The van der Waals surface area contributed by atoms with Crippen molar-refractivity contribution in [2.75, 3.05) is 12.0 Å². The Morgan fingerprint density at radius 2 is 2.04 bits per heavy atom. The Balaban J connectivity index is 0.00000264. The minimum absolute atomic E-state index is 0. The molecular formula is C16H26Cl2N4OS. The van der Waals surface area contributed by atoms with Gasteiger partial charge in [0.05, 0.1) is 17.1 Å². The Morgan fingerprint density at radius 1 is 1.33 bits per heavy atom. The minimum atomic E-state index is -0.0829. The molecule has 2 rings (SSSR count). The van der Waals surface area contributed by atoms with E-state index in [4.69, 9.17) is 5.73 Å². The molecule has 0 radical (unpaired) electrons. The Morgan fingerprint density at radius 3 is 2.67 bits per heavy atom. The highest BCUT2D eigenvalue weighted by molar-refractivity contribution is 7.98. The van der Waals surface area contributed by atoms with Crippen LogP contribution in [0.2, 0.25) is 0 Å². The van der Waals surface area contributed by atoms with Crippen LogP contribution in [0, 0.1) is 0 Å². The van der Waals surface area contributed by atoms with Crippen molar-refractivity contribution in [2.24, 2.45) is 5.73 Å². The van der Waals surface area contributed by atoms with Crippen LogP contribution in [0.5, 0.6) is 0 Å². The average Bonchev–Trinajstić information content (AvgIpc) is 2.93. The number of hydrogen-bond donors (Lipinski definition) is 3. The van der Waals surface area contributed by atoms with E-state index in [0.717, 1.165) is 29.0 Å². The van der Waals surface area contributed by atoms with Gasteiger partial charge in [-0.2, -0.15) is 11.8 Å². The van der Waals surface area contributed by atoms with Gasteiger partial charge >= 0.3 is 0 Å². The molecule has 2 unspecified atom stereocenters. The number of rotatable bonds is 8. The maximum absolute atomic E-state index is 12.1. The van der Waals surface area contributed by atoms with E-state index >= 15 is 0 Å². The van der Waals surface area contributed by atoms with Crippen LogP contribution in [0.3, 0.4) is 0 Å². The molecule has 1 aromatic heterocycles. The topological polar surface area (TPSA) is 83.8 Å². The number of imidazole rings is 1. The molecule has 136 valence electrons. The molecule has 1 aromatic carbocycles. The van der Waals surface area contributed by atoms with Crippen molar-refractivity contribution in [2.45, 2.75) is 38.3 Å². The summed E-state index contributed by atoms with van der Waals surface area (Å²) in [6.07, 6.45) is 4.06. The van der Waals surface area contributed by atoms with Gasteiger partial charge in [0, 0.05) is 12.5 Å².